The zero-order valence-corrected chi connectivity index (χ0v) is 12.1. The van der Waals surface area contributed by atoms with Gasteiger partial charge in [-0.3, -0.25) is 0 Å². The fourth-order valence-electron chi connectivity index (χ4n) is 2.36. The summed E-state index contributed by atoms with van der Waals surface area (Å²) in [6.07, 6.45) is 2.57. The molecule has 5 nitrogen and oxygen atoms in total. The molecular formula is C12H22N2O3S. The fraction of sp³-hybridized carbons (Fsp3) is 0.917. The van der Waals surface area contributed by atoms with Gasteiger partial charge < -0.3 is 10.2 Å². The van der Waals surface area contributed by atoms with E-state index in [-0.39, 0.29) is 35.2 Å². The first-order valence-electron chi connectivity index (χ1n) is 6.49. The minimum absolute atomic E-state index is 0.118. The van der Waals surface area contributed by atoms with Crippen LogP contribution in [-0.4, -0.2) is 48.5 Å². The van der Waals surface area contributed by atoms with Crippen molar-refractivity contribution in [3.8, 4) is 0 Å². The van der Waals surface area contributed by atoms with Crippen molar-refractivity contribution in [3.63, 3.8) is 0 Å². The maximum atomic E-state index is 12.3. The number of carbonyl (C=O) groups excluding carboxylic acids is 1. The number of urea groups is 1. The average Bonchev–Trinajstić information content (AvgIpc) is 2.89. The zero-order valence-electron chi connectivity index (χ0n) is 11.3. The van der Waals surface area contributed by atoms with E-state index >= 15 is 0 Å². The normalized spacial score (nSPS) is 26.9. The van der Waals surface area contributed by atoms with Crippen LogP contribution in [0.15, 0.2) is 0 Å². The summed E-state index contributed by atoms with van der Waals surface area (Å²) in [5.41, 5.74) is -0.290. The quantitative estimate of drug-likeness (QED) is 0.821. The van der Waals surface area contributed by atoms with Crippen LogP contribution in [0.5, 0.6) is 0 Å². The molecule has 1 atom stereocenters. The Kier molecular flexibility index (Phi) is 3.34. The van der Waals surface area contributed by atoms with Gasteiger partial charge in [0.1, 0.15) is 0 Å². The second kappa shape index (κ2) is 4.40. The Hall–Kier alpha value is -0.780. The summed E-state index contributed by atoms with van der Waals surface area (Å²) in [6.45, 7) is 5.80. The van der Waals surface area contributed by atoms with E-state index in [1.165, 1.54) is 0 Å². The van der Waals surface area contributed by atoms with Gasteiger partial charge in [0, 0.05) is 17.6 Å². The summed E-state index contributed by atoms with van der Waals surface area (Å²) in [6, 6.07) is -0.0115. The van der Waals surface area contributed by atoms with Gasteiger partial charge in [-0.15, -0.1) is 0 Å². The predicted molar refractivity (Wildman–Crippen MR) is 70.2 cm³/mol. The van der Waals surface area contributed by atoms with E-state index in [1.807, 2.05) is 20.8 Å². The van der Waals surface area contributed by atoms with Crippen LogP contribution >= 0.6 is 0 Å². The van der Waals surface area contributed by atoms with Crippen molar-refractivity contribution in [3.05, 3.63) is 0 Å². The largest absolute Gasteiger partial charge is 0.333 e. The van der Waals surface area contributed by atoms with Crippen molar-refractivity contribution >= 4 is 15.9 Å². The molecule has 2 aliphatic rings. The lowest BCUT2D eigenvalue weighted by Gasteiger charge is -2.32. The van der Waals surface area contributed by atoms with Crippen molar-refractivity contribution in [2.24, 2.45) is 0 Å². The van der Waals surface area contributed by atoms with Crippen LogP contribution in [-0.2, 0) is 9.84 Å². The number of hydrogen-bond donors (Lipinski definition) is 1. The minimum Gasteiger partial charge on any atom is -0.333 e. The van der Waals surface area contributed by atoms with Gasteiger partial charge in [0.05, 0.1) is 11.5 Å². The van der Waals surface area contributed by atoms with Crippen molar-refractivity contribution < 1.29 is 13.2 Å². The van der Waals surface area contributed by atoms with Gasteiger partial charge >= 0.3 is 6.03 Å². The van der Waals surface area contributed by atoms with Crippen molar-refractivity contribution in [2.75, 3.05) is 11.5 Å². The summed E-state index contributed by atoms with van der Waals surface area (Å²) in [4.78, 5) is 14.0. The number of hydrogen-bond acceptors (Lipinski definition) is 3. The maximum Gasteiger partial charge on any atom is 0.318 e. The molecule has 1 aliphatic carbocycles. The molecule has 2 fully saturated rings. The van der Waals surface area contributed by atoms with Gasteiger partial charge in [0.15, 0.2) is 9.84 Å². The van der Waals surface area contributed by atoms with Gasteiger partial charge in [0.2, 0.25) is 0 Å². The molecule has 104 valence electrons. The van der Waals surface area contributed by atoms with Crippen LogP contribution < -0.4 is 5.32 Å². The van der Waals surface area contributed by atoms with E-state index in [2.05, 4.69) is 5.32 Å². The number of sulfone groups is 1. The number of nitrogens with zero attached hydrogens (tertiary/aromatic N) is 1. The first kappa shape index (κ1) is 13.6. The van der Waals surface area contributed by atoms with E-state index < -0.39 is 9.84 Å². The highest BCUT2D eigenvalue weighted by atomic mass is 32.2. The minimum atomic E-state index is -2.95. The lowest BCUT2D eigenvalue weighted by molar-refractivity contribution is 0.167. The molecule has 6 heteroatoms. The number of rotatable bonds is 2. The first-order valence-corrected chi connectivity index (χ1v) is 8.31. The Morgan fingerprint density at radius 2 is 1.78 bits per heavy atom. The third-order valence-corrected chi connectivity index (χ3v) is 5.01. The van der Waals surface area contributed by atoms with E-state index in [9.17, 15) is 13.2 Å². The molecule has 2 amide bonds. The number of nitrogens with one attached hydrogen (secondary N) is 1. The lowest BCUT2D eigenvalue weighted by atomic mass is 10.1. The Labute approximate surface area is 109 Å². The average molecular weight is 274 g/mol. The van der Waals surface area contributed by atoms with Crippen LogP contribution in [0, 0.1) is 0 Å². The van der Waals surface area contributed by atoms with Crippen molar-refractivity contribution in [1.29, 1.82) is 0 Å². The van der Waals surface area contributed by atoms with Gasteiger partial charge in [-0.1, -0.05) is 0 Å². The highest BCUT2D eigenvalue weighted by Crippen LogP contribution is 2.32. The van der Waals surface area contributed by atoms with Crippen molar-refractivity contribution in [2.45, 2.75) is 57.7 Å². The van der Waals surface area contributed by atoms with Gasteiger partial charge in [-0.05, 0) is 40.0 Å². The van der Waals surface area contributed by atoms with E-state index in [0.29, 0.717) is 6.42 Å². The third kappa shape index (κ3) is 3.37. The molecule has 0 bridgehead atoms. The molecular weight excluding hydrogens is 252 g/mol. The van der Waals surface area contributed by atoms with E-state index in [1.54, 1.807) is 4.90 Å². The number of carbonyl (C=O) groups is 1. The molecule has 0 radical (unpaired) electrons. The molecule has 2 rings (SSSR count). The Balaban J connectivity index is 2.07. The smallest absolute Gasteiger partial charge is 0.318 e. The predicted octanol–water partition coefficient (Wildman–Crippen LogP) is 1.15. The van der Waals surface area contributed by atoms with Gasteiger partial charge in [-0.2, -0.15) is 0 Å². The Morgan fingerprint density at radius 1 is 1.17 bits per heavy atom. The van der Waals surface area contributed by atoms with Gasteiger partial charge in [0.25, 0.3) is 0 Å². The second-order valence-corrected chi connectivity index (χ2v) is 8.60. The monoisotopic (exact) mass is 274 g/mol. The maximum absolute atomic E-state index is 12.3. The zero-order chi connectivity index (χ0) is 13.6. The van der Waals surface area contributed by atoms with Crippen LogP contribution in [0.3, 0.4) is 0 Å². The standard InChI is InChI=1S/C12H22N2O3S/c1-12(2,3)13-11(15)14(9-4-5-9)10-6-7-18(16,17)8-10/h9-10H,4-8H2,1-3H3,(H,13,15). The topological polar surface area (TPSA) is 66.5 Å². The fourth-order valence-corrected chi connectivity index (χ4v) is 4.07. The summed E-state index contributed by atoms with van der Waals surface area (Å²) in [5.74, 6) is 0.338. The molecule has 1 saturated carbocycles. The summed E-state index contributed by atoms with van der Waals surface area (Å²) in [5, 5.41) is 2.94. The molecule has 1 heterocycles. The second-order valence-electron chi connectivity index (χ2n) is 6.38. The van der Waals surface area contributed by atoms with Crippen LogP contribution in [0.1, 0.15) is 40.0 Å². The van der Waals surface area contributed by atoms with Crippen LogP contribution in [0.4, 0.5) is 4.79 Å². The third-order valence-electron chi connectivity index (χ3n) is 3.26. The highest BCUT2D eigenvalue weighted by Gasteiger charge is 2.42. The molecule has 0 aromatic carbocycles. The molecule has 1 unspecified atom stereocenters. The SMILES string of the molecule is CC(C)(C)NC(=O)N(C1CC1)C1CCS(=O)(=O)C1. The summed E-state index contributed by atoms with van der Waals surface area (Å²) >= 11 is 0. The van der Waals surface area contributed by atoms with Crippen molar-refractivity contribution in [1.82, 2.24) is 10.2 Å². The molecule has 18 heavy (non-hydrogen) atoms. The molecule has 1 saturated heterocycles. The van der Waals surface area contributed by atoms with Gasteiger partial charge in [-0.25, -0.2) is 13.2 Å². The molecule has 1 aliphatic heterocycles. The molecule has 0 aromatic heterocycles. The summed E-state index contributed by atoms with van der Waals surface area (Å²) in [7, 11) is -2.95. The van der Waals surface area contributed by atoms with E-state index in [0.717, 1.165) is 12.8 Å². The van der Waals surface area contributed by atoms with E-state index in [4.69, 9.17) is 0 Å². The van der Waals surface area contributed by atoms with Crippen LogP contribution in [0.25, 0.3) is 0 Å². The Morgan fingerprint density at radius 3 is 2.17 bits per heavy atom. The summed E-state index contributed by atoms with van der Waals surface area (Å²) < 4.78 is 23.1. The first-order chi connectivity index (χ1) is 8.18. The highest BCUT2D eigenvalue weighted by molar-refractivity contribution is 7.91. The lowest BCUT2D eigenvalue weighted by Crippen LogP contribution is -2.53. The number of amides is 2. The molecule has 0 aromatic rings. The van der Waals surface area contributed by atoms with Crippen LogP contribution in [0.2, 0.25) is 0 Å². The molecule has 0 spiro atoms. The molecule has 1 N–H and O–H groups in total. The Bertz CT molecular complexity index is 435.